The third-order valence-electron chi connectivity index (χ3n) is 2.24. The Bertz CT molecular complexity index is 255. The fourth-order valence-electron chi connectivity index (χ4n) is 1.34. The van der Waals surface area contributed by atoms with Crippen molar-refractivity contribution < 1.29 is 0 Å². The largest absolute Gasteiger partial charge is 0.326 e. The fraction of sp³-hybridized carbons (Fsp3) is 0.667. The smallest absolute Gasteiger partial charge is 0.0962 e. The zero-order valence-corrected chi connectivity index (χ0v) is 8.16. The first-order valence-corrected chi connectivity index (χ1v) is 5.35. The molecule has 1 aliphatic rings. The molecule has 0 aliphatic heterocycles. The van der Waals surface area contributed by atoms with Crippen LogP contribution in [0.3, 0.4) is 0 Å². The molecule has 66 valence electrons. The SMILES string of the molecule is CCc1nc(C2CC2)sc1CN. The van der Waals surface area contributed by atoms with Gasteiger partial charge in [-0.1, -0.05) is 6.92 Å². The van der Waals surface area contributed by atoms with Gasteiger partial charge in [0.25, 0.3) is 0 Å². The van der Waals surface area contributed by atoms with Gasteiger partial charge in [-0.2, -0.15) is 0 Å². The molecule has 1 aliphatic carbocycles. The van der Waals surface area contributed by atoms with E-state index >= 15 is 0 Å². The van der Waals surface area contributed by atoms with Crippen molar-refractivity contribution in [2.75, 3.05) is 0 Å². The second-order valence-corrected chi connectivity index (χ2v) is 4.37. The molecule has 1 aromatic heterocycles. The zero-order valence-electron chi connectivity index (χ0n) is 7.34. The Hall–Kier alpha value is -0.410. The quantitative estimate of drug-likeness (QED) is 0.777. The van der Waals surface area contributed by atoms with E-state index in [4.69, 9.17) is 5.73 Å². The van der Waals surface area contributed by atoms with Gasteiger partial charge in [-0.05, 0) is 19.3 Å². The van der Waals surface area contributed by atoms with Gasteiger partial charge in [0.15, 0.2) is 0 Å². The van der Waals surface area contributed by atoms with Crippen LogP contribution in [0.1, 0.15) is 41.3 Å². The molecule has 0 aromatic carbocycles. The number of thiazole rings is 1. The van der Waals surface area contributed by atoms with E-state index in [1.54, 1.807) is 0 Å². The van der Waals surface area contributed by atoms with E-state index < -0.39 is 0 Å². The van der Waals surface area contributed by atoms with Crippen molar-refractivity contribution in [3.8, 4) is 0 Å². The monoisotopic (exact) mass is 182 g/mol. The summed E-state index contributed by atoms with van der Waals surface area (Å²) >= 11 is 1.82. The lowest BCUT2D eigenvalue weighted by Crippen LogP contribution is -1.96. The number of nitrogens with zero attached hydrogens (tertiary/aromatic N) is 1. The van der Waals surface area contributed by atoms with Gasteiger partial charge in [-0.15, -0.1) is 11.3 Å². The van der Waals surface area contributed by atoms with Crippen LogP contribution >= 0.6 is 11.3 Å². The highest BCUT2D eigenvalue weighted by molar-refractivity contribution is 7.11. The number of hydrogen-bond donors (Lipinski definition) is 1. The molecule has 2 rings (SSSR count). The molecule has 0 radical (unpaired) electrons. The molecule has 0 bridgehead atoms. The summed E-state index contributed by atoms with van der Waals surface area (Å²) in [5, 5.41) is 1.33. The summed E-state index contributed by atoms with van der Waals surface area (Å²) in [6.07, 6.45) is 3.69. The number of hydrogen-bond acceptors (Lipinski definition) is 3. The first-order chi connectivity index (χ1) is 5.85. The highest BCUT2D eigenvalue weighted by Crippen LogP contribution is 2.42. The maximum atomic E-state index is 5.63. The number of nitrogens with two attached hydrogens (primary N) is 1. The predicted octanol–water partition coefficient (Wildman–Crippen LogP) is 2.04. The van der Waals surface area contributed by atoms with E-state index in [-0.39, 0.29) is 0 Å². The van der Waals surface area contributed by atoms with Crippen molar-refractivity contribution in [1.82, 2.24) is 4.98 Å². The second kappa shape index (κ2) is 3.15. The number of rotatable bonds is 3. The standard InChI is InChI=1S/C9H14N2S/c1-2-7-8(5-10)12-9(11-7)6-3-4-6/h6H,2-5,10H2,1H3. The number of aromatic nitrogens is 1. The Balaban J connectivity index is 2.27. The van der Waals surface area contributed by atoms with Crippen LogP contribution in [-0.2, 0) is 13.0 Å². The van der Waals surface area contributed by atoms with Gasteiger partial charge >= 0.3 is 0 Å². The molecule has 0 amide bonds. The van der Waals surface area contributed by atoms with Crippen LogP contribution in [0.5, 0.6) is 0 Å². The molecule has 1 heterocycles. The average molecular weight is 182 g/mol. The van der Waals surface area contributed by atoms with E-state index in [0.29, 0.717) is 6.54 Å². The normalized spacial score (nSPS) is 16.8. The molecule has 1 fully saturated rings. The van der Waals surface area contributed by atoms with Crippen LogP contribution in [0.25, 0.3) is 0 Å². The number of aryl methyl sites for hydroxylation is 1. The predicted molar refractivity (Wildman–Crippen MR) is 51.4 cm³/mol. The molecule has 1 saturated carbocycles. The van der Waals surface area contributed by atoms with Crippen LogP contribution < -0.4 is 5.73 Å². The second-order valence-electron chi connectivity index (χ2n) is 3.25. The topological polar surface area (TPSA) is 38.9 Å². The van der Waals surface area contributed by atoms with Crippen LogP contribution in [0.15, 0.2) is 0 Å². The zero-order chi connectivity index (χ0) is 8.55. The highest BCUT2D eigenvalue weighted by Gasteiger charge is 2.27. The first kappa shape index (κ1) is 8.20. The third-order valence-corrected chi connectivity index (χ3v) is 3.52. The molecule has 0 atom stereocenters. The van der Waals surface area contributed by atoms with E-state index in [1.165, 1.54) is 28.4 Å². The minimum atomic E-state index is 0.660. The summed E-state index contributed by atoms with van der Waals surface area (Å²) in [7, 11) is 0. The summed E-state index contributed by atoms with van der Waals surface area (Å²) < 4.78 is 0. The lowest BCUT2D eigenvalue weighted by atomic mass is 10.3. The molecule has 0 unspecified atom stereocenters. The summed E-state index contributed by atoms with van der Waals surface area (Å²) in [5.41, 5.74) is 6.86. The van der Waals surface area contributed by atoms with Gasteiger partial charge in [0.05, 0.1) is 10.7 Å². The first-order valence-electron chi connectivity index (χ1n) is 4.53. The van der Waals surface area contributed by atoms with E-state index in [1.807, 2.05) is 11.3 Å². The molecule has 3 heteroatoms. The Labute approximate surface area is 76.8 Å². The summed E-state index contributed by atoms with van der Waals surface area (Å²) in [6, 6.07) is 0. The highest BCUT2D eigenvalue weighted by atomic mass is 32.1. The van der Waals surface area contributed by atoms with Crippen molar-refractivity contribution in [2.45, 2.75) is 38.6 Å². The lowest BCUT2D eigenvalue weighted by molar-refractivity contribution is 0.958. The van der Waals surface area contributed by atoms with Crippen molar-refractivity contribution in [2.24, 2.45) is 5.73 Å². The van der Waals surface area contributed by atoms with E-state index in [0.717, 1.165) is 12.3 Å². The third kappa shape index (κ3) is 1.39. The minimum Gasteiger partial charge on any atom is -0.326 e. The van der Waals surface area contributed by atoms with Crippen molar-refractivity contribution >= 4 is 11.3 Å². The van der Waals surface area contributed by atoms with Crippen LogP contribution in [0, 0.1) is 0 Å². The Morgan fingerprint density at radius 2 is 2.33 bits per heavy atom. The van der Waals surface area contributed by atoms with Crippen molar-refractivity contribution in [3.05, 3.63) is 15.6 Å². The van der Waals surface area contributed by atoms with Crippen LogP contribution in [0.2, 0.25) is 0 Å². The van der Waals surface area contributed by atoms with E-state index in [2.05, 4.69) is 11.9 Å². The van der Waals surface area contributed by atoms with Gasteiger partial charge in [0.1, 0.15) is 0 Å². The van der Waals surface area contributed by atoms with Gasteiger partial charge in [-0.25, -0.2) is 4.98 Å². The average Bonchev–Trinajstić information content (AvgIpc) is 2.85. The Morgan fingerprint density at radius 1 is 1.58 bits per heavy atom. The maximum Gasteiger partial charge on any atom is 0.0962 e. The van der Waals surface area contributed by atoms with Crippen molar-refractivity contribution in [3.63, 3.8) is 0 Å². The lowest BCUT2D eigenvalue weighted by Gasteiger charge is -1.91. The van der Waals surface area contributed by atoms with Gasteiger partial charge in [0.2, 0.25) is 0 Å². The van der Waals surface area contributed by atoms with Crippen molar-refractivity contribution in [1.29, 1.82) is 0 Å². The molecular weight excluding hydrogens is 168 g/mol. The Kier molecular flexibility index (Phi) is 2.15. The van der Waals surface area contributed by atoms with Crippen LogP contribution in [-0.4, -0.2) is 4.98 Å². The van der Waals surface area contributed by atoms with E-state index in [9.17, 15) is 0 Å². The summed E-state index contributed by atoms with van der Waals surface area (Å²) in [5.74, 6) is 0.778. The van der Waals surface area contributed by atoms with Crippen LogP contribution in [0.4, 0.5) is 0 Å². The molecular formula is C9H14N2S. The van der Waals surface area contributed by atoms with Gasteiger partial charge in [0, 0.05) is 17.3 Å². The molecule has 2 nitrogen and oxygen atoms in total. The van der Waals surface area contributed by atoms with Gasteiger partial charge < -0.3 is 5.73 Å². The minimum absolute atomic E-state index is 0.660. The molecule has 2 N–H and O–H groups in total. The fourth-order valence-corrected chi connectivity index (χ4v) is 2.55. The maximum absolute atomic E-state index is 5.63. The molecule has 12 heavy (non-hydrogen) atoms. The summed E-state index contributed by atoms with van der Waals surface area (Å²) in [4.78, 5) is 5.89. The summed E-state index contributed by atoms with van der Waals surface area (Å²) in [6.45, 7) is 2.80. The molecule has 0 saturated heterocycles. The van der Waals surface area contributed by atoms with Gasteiger partial charge in [-0.3, -0.25) is 0 Å². The Morgan fingerprint density at radius 3 is 2.75 bits per heavy atom. The molecule has 1 aromatic rings. The molecule has 0 spiro atoms.